The summed E-state index contributed by atoms with van der Waals surface area (Å²) >= 11 is 0. The number of benzene rings is 3. The third-order valence-electron chi connectivity index (χ3n) is 6.61. The summed E-state index contributed by atoms with van der Waals surface area (Å²) in [6, 6.07) is 20.0. The summed E-state index contributed by atoms with van der Waals surface area (Å²) in [6.07, 6.45) is 1.70. The molecule has 6 rings (SSSR count). The molecule has 0 spiro atoms. The fourth-order valence-corrected chi connectivity index (χ4v) is 4.81. The number of hydrogen-bond acceptors (Lipinski definition) is 5. The Labute approximate surface area is 197 Å². The first-order valence-electron chi connectivity index (χ1n) is 11.5. The number of morpholine rings is 1. The Hall–Kier alpha value is -3.90. The molecule has 0 bridgehead atoms. The number of aryl methyl sites for hydroxylation is 2. The van der Waals surface area contributed by atoms with E-state index >= 15 is 0 Å². The third kappa shape index (κ3) is 3.38. The maximum Gasteiger partial charge on any atom is 0.279 e. The maximum atomic E-state index is 13.6. The van der Waals surface area contributed by atoms with Gasteiger partial charge in [-0.15, -0.1) is 0 Å². The van der Waals surface area contributed by atoms with Gasteiger partial charge in [0, 0.05) is 35.1 Å². The van der Waals surface area contributed by atoms with Gasteiger partial charge >= 0.3 is 0 Å². The van der Waals surface area contributed by atoms with Gasteiger partial charge in [0.2, 0.25) is 0 Å². The number of hydrogen-bond donors (Lipinski definition) is 0. The zero-order valence-electron chi connectivity index (χ0n) is 19.2. The van der Waals surface area contributed by atoms with E-state index in [9.17, 15) is 4.79 Å². The molecule has 34 heavy (non-hydrogen) atoms. The van der Waals surface area contributed by atoms with Gasteiger partial charge in [0.1, 0.15) is 5.58 Å². The monoisotopic (exact) mass is 451 g/mol. The SMILES string of the molecule is Cc1ccc(N2CCOCC2)cc1-n1nc(-c2cc(C)c3occc3c2)c2ccccc2c1=O. The highest BCUT2D eigenvalue weighted by Crippen LogP contribution is 2.31. The van der Waals surface area contributed by atoms with Crippen molar-refractivity contribution < 1.29 is 9.15 Å². The number of furan rings is 1. The number of fused-ring (bicyclic) bond motifs is 2. The molecule has 1 saturated heterocycles. The Morgan fingerprint density at radius 1 is 0.882 bits per heavy atom. The average Bonchev–Trinajstić information content (AvgIpc) is 3.35. The van der Waals surface area contributed by atoms with E-state index < -0.39 is 0 Å². The number of anilines is 1. The minimum atomic E-state index is -0.123. The Bertz CT molecular complexity index is 1590. The Morgan fingerprint density at radius 3 is 2.50 bits per heavy atom. The van der Waals surface area contributed by atoms with Gasteiger partial charge in [-0.05, 0) is 61.4 Å². The van der Waals surface area contributed by atoms with Crippen molar-refractivity contribution in [2.45, 2.75) is 13.8 Å². The third-order valence-corrected chi connectivity index (χ3v) is 6.61. The van der Waals surface area contributed by atoms with Crippen molar-refractivity contribution in [3.63, 3.8) is 0 Å². The smallest absolute Gasteiger partial charge is 0.279 e. The lowest BCUT2D eigenvalue weighted by molar-refractivity contribution is 0.122. The van der Waals surface area contributed by atoms with Crippen molar-refractivity contribution in [2.24, 2.45) is 0 Å². The minimum absolute atomic E-state index is 0.123. The molecule has 0 atom stereocenters. The summed E-state index contributed by atoms with van der Waals surface area (Å²) in [5, 5.41) is 7.46. The lowest BCUT2D eigenvalue weighted by atomic mass is 10.0. The Morgan fingerprint density at radius 2 is 1.68 bits per heavy atom. The summed E-state index contributed by atoms with van der Waals surface area (Å²) in [7, 11) is 0. The second-order valence-electron chi connectivity index (χ2n) is 8.81. The van der Waals surface area contributed by atoms with Gasteiger partial charge in [-0.25, -0.2) is 0 Å². The second kappa shape index (κ2) is 8.15. The molecule has 0 amide bonds. The molecule has 3 heterocycles. The molecule has 1 fully saturated rings. The molecule has 0 N–H and O–H groups in total. The fourth-order valence-electron chi connectivity index (χ4n) is 4.81. The normalized spacial score (nSPS) is 14.2. The predicted octanol–water partition coefficient (Wildman–Crippen LogP) is 5.25. The average molecular weight is 452 g/mol. The molecular weight excluding hydrogens is 426 g/mol. The van der Waals surface area contributed by atoms with E-state index in [1.165, 1.54) is 0 Å². The van der Waals surface area contributed by atoms with Crippen LogP contribution in [0.1, 0.15) is 11.1 Å². The van der Waals surface area contributed by atoms with Crippen LogP contribution in [0.4, 0.5) is 5.69 Å². The highest BCUT2D eigenvalue weighted by atomic mass is 16.5. The molecule has 2 aromatic heterocycles. The molecule has 1 aliphatic rings. The van der Waals surface area contributed by atoms with Crippen LogP contribution in [0.15, 0.2) is 76.1 Å². The van der Waals surface area contributed by atoms with E-state index in [1.807, 2.05) is 44.2 Å². The zero-order chi connectivity index (χ0) is 23.2. The first-order chi connectivity index (χ1) is 16.6. The van der Waals surface area contributed by atoms with Crippen LogP contribution in [0.2, 0.25) is 0 Å². The molecule has 0 unspecified atom stereocenters. The van der Waals surface area contributed by atoms with Gasteiger partial charge in [-0.2, -0.15) is 9.78 Å². The van der Waals surface area contributed by atoms with Crippen LogP contribution >= 0.6 is 0 Å². The Kier molecular flexibility index (Phi) is 4.96. The topological polar surface area (TPSA) is 60.5 Å². The van der Waals surface area contributed by atoms with Crippen LogP contribution in [-0.4, -0.2) is 36.1 Å². The van der Waals surface area contributed by atoms with E-state index in [4.69, 9.17) is 14.3 Å². The van der Waals surface area contributed by atoms with Gasteiger partial charge in [0.25, 0.3) is 5.56 Å². The quantitative estimate of drug-likeness (QED) is 0.375. The van der Waals surface area contributed by atoms with Gasteiger partial charge in [-0.1, -0.05) is 24.3 Å². The highest BCUT2D eigenvalue weighted by molar-refractivity contribution is 5.96. The number of rotatable bonds is 3. The molecule has 1 aliphatic heterocycles. The summed E-state index contributed by atoms with van der Waals surface area (Å²) in [4.78, 5) is 15.9. The highest BCUT2D eigenvalue weighted by Gasteiger charge is 2.18. The van der Waals surface area contributed by atoms with Crippen LogP contribution in [0.3, 0.4) is 0 Å². The minimum Gasteiger partial charge on any atom is -0.464 e. The van der Waals surface area contributed by atoms with Gasteiger partial charge in [0.05, 0.1) is 36.2 Å². The summed E-state index contributed by atoms with van der Waals surface area (Å²) < 4.78 is 12.7. The van der Waals surface area contributed by atoms with Crippen LogP contribution in [0.5, 0.6) is 0 Å². The van der Waals surface area contributed by atoms with E-state index in [2.05, 4.69) is 35.2 Å². The van der Waals surface area contributed by atoms with E-state index in [-0.39, 0.29) is 5.56 Å². The molecule has 6 heteroatoms. The number of ether oxygens (including phenoxy) is 1. The van der Waals surface area contributed by atoms with Crippen molar-refractivity contribution >= 4 is 27.4 Å². The Balaban J connectivity index is 1.59. The van der Waals surface area contributed by atoms with E-state index in [0.717, 1.165) is 63.2 Å². The largest absolute Gasteiger partial charge is 0.464 e. The van der Waals surface area contributed by atoms with E-state index in [1.54, 1.807) is 10.9 Å². The van der Waals surface area contributed by atoms with Gasteiger partial charge in [-0.3, -0.25) is 4.79 Å². The van der Waals surface area contributed by atoms with Crippen LogP contribution in [0.25, 0.3) is 38.7 Å². The molecule has 170 valence electrons. The molecule has 3 aromatic carbocycles. The van der Waals surface area contributed by atoms with Crippen molar-refractivity contribution in [3.8, 4) is 16.9 Å². The zero-order valence-corrected chi connectivity index (χ0v) is 19.2. The first-order valence-corrected chi connectivity index (χ1v) is 11.5. The van der Waals surface area contributed by atoms with Crippen molar-refractivity contribution in [1.82, 2.24) is 9.78 Å². The maximum absolute atomic E-state index is 13.6. The molecular formula is C28H25N3O3. The lowest BCUT2D eigenvalue weighted by Gasteiger charge is -2.29. The molecule has 0 radical (unpaired) electrons. The summed E-state index contributed by atoms with van der Waals surface area (Å²) in [6.45, 7) is 7.12. The predicted molar refractivity (Wildman–Crippen MR) is 135 cm³/mol. The first kappa shape index (κ1) is 20.7. The van der Waals surface area contributed by atoms with Gasteiger partial charge < -0.3 is 14.1 Å². The standard InChI is InChI=1S/C28H25N3O3/c1-18-7-8-22(30-10-13-33-14-11-30)17-25(18)31-28(32)24-6-4-3-5-23(24)26(29-31)21-15-19(2)27-20(16-21)9-12-34-27/h3-9,12,15-17H,10-11,13-14H2,1-2H3. The van der Waals surface area contributed by atoms with E-state index in [0.29, 0.717) is 18.6 Å². The number of aromatic nitrogens is 2. The number of nitrogens with zero attached hydrogens (tertiary/aromatic N) is 3. The van der Waals surface area contributed by atoms with Crippen molar-refractivity contribution in [2.75, 3.05) is 31.2 Å². The van der Waals surface area contributed by atoms with Crippen LogP contribution in [-0.2, 0) is 4.74 Å². The summed E-state index contributed by atoms with van der Waals surface area (Å²) in [5.74, 6) is 0. The van der Waals surface area contributed by atoms with Crippen LogP contribution < -0.4 is 10.5 Å². The second-order valence-corrected chi connectivity index (χ2v) is 8.81. The van der Waals surface area contributed by atoms with Gasteiger partial charge in [0.15, 0.2) is 0 Å². The molecule has 0 aliphatic carbocycles. The van der Waals surface area contributed by atoms with Crippen molar-refractivity contribution in [1.29, 1.82) is 0 Å². The molecule has 0 saturated carbocycles. The summed E-state index contributed by atoms with van der Waals surface area (Å²) in [5.41, 5.74) is 6.38. The molecule has 6 nitrogen and oxygen atoms in total. The van der Waals surface area contributed by atoms with Crippen molar-refractivity contribution in [3.05, 3.63) is 88.4 Å². The van der Waals surface area contributed by atoms with Crippen LogP contribution in [0, 0.1) is 13.8 Å². The fraction of sp³-hybridized carbons (Fsp3) is 0.214. The lowest BCUT2D eigenvalue weighted by Crippen LogP contribution is -2.36. The molecule has 5 aromatic rings.